The smallest absolute Gasteiger partial charge is 0.410 e. The summed E-state index contributed by atoms with van der Waals surface area (Å²) in [4.78, 5) is 57.1. The Balaban J connectivity index is 1.56. The minimum absolute atomic E-state index is 0.0388. The average Bonchev–Trinajstić information content (AvgIpc) is 2.97. The van der Waals surface area contributed by atoms with Crippen molar-refractivity contribution in [3.8, 4) is 0 Å². The van der Waals surface area contributed by atoms with Crippen molar-refractivity contribution in [2.75, 3.05) is 19.6 Å². The van der Waals surface area contributed by atoms with Crippen molar-refractivity contribution in [2.24, 2.45) is 5.41 Å². The monoisotopic (exact) mass is 606 g/mol. The lowest BCUT2D eigenvalue weighted by atomic mass is 9.85. The molecule has 238 valence electrons. The number of nitrogens with one attached hydrogen (secondary N) is 2. The van der Waals surface area contributed by atoms with Gasteiger partial charge in [-0.15, -0.1) is 0 Å². The number of fused-ring (bicyclic) bond motifs is 1. The van der Waals surface area contributed by atoms with Gasteiger partial charge in [0.05, 0.1) is 12.6 Å². The van der Waals surface area contributed by atoms with Gasteiger partial charge in [-0.2, -0.15) is 0 Å². The van der Waals surface area contributed by atoms with Crippen LogP contribution >= 0.6 is 0 Å². The Morgan fingerprint density at radius 2 is 1.61 bits per heavy atom. The Bertz CT molecular complexity index is 1330. The summed E-state index contributed by atoms with van der Waals surface area (Å²) in [5.74, 6) is -0.768. The quantitative estimate of drug-likeness (QED) is 0.480. The molecule has 1 fully saturated rings. The molecule has 2 aromatic rings. The highest BCUT2D eigenvalue weighted by molar-refractivity contribution is 5.93. The van der Waals surface area contributed by atoms with Crippen LogP contribution in [-0.4, -0.2) is 71.1 Å². The van der Waals surface area contributed by atoms with Crippen LogP contribution in [-0.2, 0) is 32.1 Å². The number of carbonyl (C=O) groups is 4. The van der Waals surface area contributed by atoms with Crippen LogP contribution in [0.2, 0.25) is 0 Å². The molecule has 0 unspecified atom stereocenters. The van der Waals surface area contributed by atoms with Crippen LogP contribution in [0.25, 0.3) is 0 Å². The van der Waals surface area contributed by atoms with Gasteiger partial charge in [-0.25, -0.2) is 9.59 Å². The molecule has 10 heteroatoms. The van der Waals surface area contributed by atoms with Crippen LogP contribution < -0.4 is 10.6 Å². The molecule has 1 aliphatic carbocycles. The first-order chi connectivity index (χ1) is 20.7. The maximum atomic E-state index is 14.2. The van der Waals surface area contributed by atoms with Gasteiger partial charge in [-0.3, -0.25) is 9.59 Å². The predicted octanol–water partition coefficient (Wildman–Crippen LogP) is 4.97. The summed E-state index contributed by atoms with van der Waals surface area (Å²) >= 11 is 0. The number of benzene rings is 2. The Kier molecular flexibility index (Phi) is 10.2. The molecule has 4 rings (SSSR count). The fourth-order valence-electron chi connectivity index (χ4n) is 5.66. The first-order valence-corrected chi connectivity index (χ1v) is 15.4. The summed E-state index contributed by atoms with van der Waals surface area (Å²) in [6.45, 7) is 11.1. The first-order valence-electron chi connectivity index (χ1n) is 15.4. The number of aryl methyl sites for hydroxylation is 1. The molecule has 44 heavy (non-hydrogen) atoms. The number of alkyl carbamates (subject to hydrolysis) is 1. The topological polar surface area (TPSA) is 117 Å². The molecule has 10 nitrogen and oxygen atoms in total. The second-order valence-corrected chi connectivity index (χ2v) is 13.6. The van der Waals surface area contributed by atoms with Crippen LogP contribution in [0.1, 0.15) is 77.1 Å². The van der Waals surface area contributed by atoms with E-state index in [9.17, 15) is 19.2 Å². The Morgan fingerprint density at radius 3 is 2.30 bits per heavy atom. The summed E-state index contributed by atoms with van der Waals surface area (Å²) in [7, 11) is 0. The zero-order valence-electron chi connectivity index (χ0n) is 26.7. The van der Waals surface area contributed by atoms with Gasteiger partial charge in [0.2, 0.25) is 11.8 Å². The molecular formula is C34H46N4O6. The van der Waals surface area contributed by atoms with Gasteiger partial charge in [0.25, 0.3) is 0 Å². The van der Waals surface area contributed by atoms with Crippen LogP contribution in [0.5, 0.6) is 0 Å². The Labute approximate surface area is 260 Å². The summed E-state index contributed by atoms with van der Waals surface area (Å²) in [6.07, 6.45) is 1.38. The average molecular weight is 607 g/mol. The number of amides is 4. The van der Waals surface area contributed by atoms with E-state index in [-0.39, 0.29) is 38.2 Å². The number of hydrogen-bond donors (Lipinski definition) is 2. The summed E-state index contributed by atoms with van der Waals surface area (Å²) in [5.41, 5.74) is 1.67. The first kappa shape index (κ1) is 32.8. The van der Waals surface area contributed by atoms with Crippen LogP contribution in [0, 0.1) is 5.41 Å². The molecule has 1 heterocycles. The molecule has 1 saturated heterocycles. The lowest BCUT2D eigenvalue weighted by molar-refractivity contribution is -0.147. The normalized spacial score (nSPS) is 19.3. The van der Waals surface area contributed by atoms with E-state index >= 15 is 0 Å². The summed E-state index contributed by atoms with van der Waals surface area (Å²) < 4.78 is 11.0. The number of piperazine rings is 1. The lowest BCUT2D eigenvalue weighted by Gasteiger charge is -2.43. The van der Waals surface area contributed by atoms with E-state index in [1.54, 1.807) is 20.8 Å². The SMILES string of the molecule is CC(C)(C)OC(=O)N[C@H](C(=O)N1CCN(C(=O)OCc2ccccc2)C[C@H]1C(=O)N[C@@H]1CCCc2ccccc21)C(C)(C)C. The number of nitrogens with zero attached hydrogens (tertiary/aromatic N) is 2. The number of hydrogen-bond acceptors (Lipinski definition) is 6. The van der Waals surface area contributed by atoms with E-state index in [2.05, 4.69) is 16.7 Å². The summed E-state index contributed by atoms with van der Waals surface area (Å²) in [6, 6.07) is 15.2. The zero-order chi connectivity index (χ0) is 32.1. The minimum atomic E-state index is -0.986. The lowest BCUT2D eigenvalue weighted by Crippen LogP contribution is -2.66. The van der Waals surface area contributed by atoms with Gasteiger partial charge < -0.3 is 29.9 Å². The largest absolute Gasteiger partial charge is 0.445 e. The van der Waals surface area contributed by atoms with E-state index in [4.69, 9.17) is 9.47 Å². The van der Waals surface area contributed by atoms with E-state index in [1.165, 1.54) is 15.4 Å². The summed E-state index contributed by atoms with van der Waals surface area (Å²) in [5, 5.41) is 5.92. The van der Waals surface area contributed by atoms with Gasteiger partial charge in [0.15, 0.2) is 0 Å². The minimum Gasteiger partial charge on any atom is -0.445 e. The highest BCUT2D eigenvalue weighted by Gasteiger charge is 2.44. The number of rotatable bonds is 6. The van der Waals surface area contributed by atoms with Crippen molar-refractivity contribution in [2.45, 2.75) is 91.1 Å². The molecule has 0 spiro atoms. The molecule has 4 amide bonds. The Hall–Kier alpha value is -4.08. The van der Waals surface area contributed by atoms with Crippen LogP contribution in [0.4, 0.5) is 9.59 Å². The molecular weight excluding hydrogens is 560 g/mol. The van der Waals surface area contributed by atoms with E-state index < -0.39 is 41.2 Å². The Morgan fingerprint density at radius 1 is 0.932 bits per heavy atom. The van der Waals surface area contributed by atoms with Crippen molar-refractivity contribution in [3.05, 3.63) is 71.3 Å². The maximum absolute atomic E-state index is 14.2. The van der Waals surface area contributed by atoms with Crippen molar-refractivity contribution in [1.29, 1.82) is 0 Å². The molecule has 2 N–H and O–H groups in total. The maximum Gasteiger partial charge on any atom is 0.410 e. The molecule has 2 aromatic carbocycles. The molecule has 2 aliphatic rings. The van der Waals surface area contributed by atoms with Crippen molar-refractivity contribution in [3.63, 3.8) is 0 Å². The van der Waals surface area contributed by atoms with Gasteiger partial charge in [0, 0.05) is 13.1 Å². The number of ether oxygens (including phenoxy) is 2. The van der Waals surface area contributed by atoms with Crippen molar-refractivity contribution in [1.82, 2.24) is 20.4 Å². The molecule has 1 aliphatic heterocycles. The molecule has 0 aromatic heterocycles. The van der Waals surface area contributed by atoms with Gasteiger partial charge in [0.1, 0.15) is 24.3 Å². The second-order valence-electron chi connectivity index (χ2n) is 13.6. The zero-order valence-corrected chi connectivity index (χ0v) is 26.7. The molecule has 0 saturated carbocycles. The van der Waals surface area contributed by atoms with Gasteiger partial charge in [-0.05, 0) is 62.1 Å². The van der Waals surface area contributed by atoms with Crippen molar-refractivity contribution < 1.29 is 28.7 Å². The standard InChI is InChI=1S/C34H46N4O6/c1-33(2,3)28(36-31(41)44-34(4,5)6)30(40)38-20-19-37(32(42)43-22-23-13-8-7-9-14-23)21-27(38)29(39)35-26-18-12-16-24-15-10-11-17-25(24)26/h7-11,13-15,17,26-28H,12,16,18-22H2,1-6H3,(H,35,39)(H,36,41)/t26-,27+,28-/m1/s1. The molecule has 3 atom stereocenters. The van der Waals surface area contributed by atoms with Gasteiger partial charge in [-0.1, -0.05) is 75.4 Å². The third-order valence-electron chi connectivity index (χ3n) is 7.89. The fraction of sp³-hybridized carbons (Fsp3) is 0.529. The number of carbonyl (C=O) groups excluding carboxylic acids is 4. The predicted molar refractivity (Wildman–Crippen MR) is 167 cm³/mol. The highest BCUT2D eigenvalue weighted by Crippen LogP contribution is 2.30. The fourth-order valence-corrected chi connectivity index (χ4v) is 5.66. The van der Waals surface area contributed by atoms with E-state index in [1.807, 2.05) is 69.3 Å². The third-order valence-corrected chi connectivity index (χ3v) is 7.89. The van der Waals surface area contributed by atoms with Crippen LogP contribution in [0.15, 0.2) is 54.6 Å². The van der Waals surface area contributed by atoms with Gasteiger partial charge >= 0.3 is 12.2 Å². The molecule has 0 bridgehead atoms. The highest BCUT2D eigenvalue weighted by atomic mass is 16.6. The van der Waals surface area contributed by atoms with Crippen LogP contribution in [0.3, 0.4) is 0 Å². The molecule has 0 radical (unpaired) electrons. The third kappa shape index (κ3) is 8.51. The van der Waals surface area contributed by atoms with Crippen molar-refractivity contribution >= 4 is 24.0 Å². The van der Waals surface area contributed by atoms with E-state index in [0.29, 0.717) is 0 Å². The second kappa shape index (κ2) is 13.7. The van der Waals surface area contributed by atoms with E-state index in [0.717, 1.165) is 30.4 Å².